The maximum atomic E-state index is 13.6. The number of para-hydroxylation sites is 1. The number of aromatic nitrogens is 4. The van der Waals surface area contributed by atoms with E-state index in [0.717, 1.165) is 53.3 Å². The number of rotatable bonds is 6. The lowest BCUT2D eigenvalue weighted by Gasteiger charge is -2.32. The number of hydrogen-bond acceptors (Lipinski definition) is 5. The van der Waals surface area contributed by atoms with Crippen molar-refractivity contribution in [1.29, 1.82) is 0 Å². The minimum absolute atomic E-state index is 0.0430. The third-order valence-electron chi connectivity index (χ3n) is 6.37. The van der Waals surface area contributed by atoms with Crippen LogP contribution in [0, 0.1) is 13.8 Å². The molecule has 3 heterocycles. The quantitative estimate of drug-likeness (QED) is 0.392. The summed E-state index contributed by atoms with van der Waals surface area (Å²) in [6.07, 6.45) is 5.50. The first-order valence-corrected chi connectivity index (χ1v) is 12.0. The summed E-state index contributed by atoms with van der Waals surface area (Å²) >= 11 is 0. The van der Waals surface area contributed by atoms with Crippen LogP contribution in [0.2, 0.25) is 0 Å². The fourth-order valence-electron chi connectivity index (χ4n) is 4.56. The van der Waals surface area contributed by atoms with E-state index >= 15 is 0 Å². The SMILES string of the molecule is Cc1cc(Oc2ccccc2C)nc([C@H]2CCCN(C(=O)c3ccccc3Cn3cccn3)C2)n1. The van der Waals surface area contributed by atoms with Crippen LogP contribution >= 0.6 is 0 Å². The molecule has 0 saturated carbocycles. The third-order valence-corrected chi connectivity index (χ3v) is 6.37. The first-order chi connectivity index (χ1) is 17.1. The Kier molecular flexibility index (Phi) is 6.57. The standard InChI is InChI=1S/C28H29N5O2/c1-20-9-3-6-13-25(20)35-26-17-21(2)30-27(31-26)23-11-7-15-32(18-23)28(34)24-12-5-4-10-22(24)19-33-16-8-14-29-33/h3-6,8-10,12-14,16-17,23H,7,11,15,18-19H2,1-2H3/t23-/m0/s1. The maximum Gasteiger partial charge on any atom is 0.254 e. The van der Waals surface area contributed by atoms with E-state index in [2.05, 4.69) is 5.10 Å². The first kappa shape index (κ1) is 22.8. The zero-order valence-corrected chi connectivity index (χ0v) is 20.1. The van der Waals surface area contributed by atoms with Gasteiger partial charge in [-0.2, -0.15) is 10.1 Å². The predicted octanol–water partition coefficient (Wildman–Crippen LogP) is 5.15. The summed E-state index contributed by atoms with van der Waals surface area (Å²) in [6, 6.07) is 19.4. The Balaban J connectivity index is 1.35. The van der Waals surface area contributed by atoms with E-state index in [4.69, 9.17) is 14.7 Å². The molecule has 1 fully saturated rings. The minimum atomic E-state index is 0.0430. The molecule has 1 aliphatic heterocycles. The van der Waals surface area contributed by atoms with Gasteiger partial charge in [0.25, 0.3) is 5.91 Å². The van der Waals surface area contributed by atoms with Gasteiger partial charge in [-0.3, -0.25) is 9.48 Å². The topological polar surface area (TPSA) is 73.1 Å². The molecule has 0 spiro atoms. The van der Waals surface area contributed by atoms with E-state index in [1.807, 2.05) is 90.3 Å². The second-order valence-corrected chi connectivity index (χ2v) is 9.02. The van der Waals surface area contributed by atoms with Gasteiger partial charge in [-0.15, -0.1) is 0 Å². The second kappa shape index (κ2) is 10.1. The summed E-state index contributed by atoms with van der Waals surface area (Å²) in [5, 5.41) is 4.29. The summed E-state index contributed by atoms with van der Waals surface area (Å²) in [6.45, 7) is 5.84. The van der Waals surface area contributed by atoms with Crippen LogP contribution in [-0.2, 0) is 6.54 Å². The summed E-state index contributed by atoms with van der Waals surface area (Å²) < 4.78 is 7.93. The van der Waals surface area contributed by atoms with Crippen LogP contribution in [0.4, 0.5) is 0 Å². The average molecular weight is 468 g/mol. The predicted molar refractivity (Wildman–Crippen MR) is 134 cm³/mol. The Morgan fingerprint density at radius 3 is 2.71 bits per heavy atom. The smallest absolute Gasteiger partial charge is 0.254 e. The zero-order chi connectivity index (χ0) is 24.2. The van der Waals surface area contributed by atoms with E-state index < -0.39 is 0 Å². The molecule has 35 heavy (non-hydrogen) atoms. The minimum Gasteiger partial charge on any atom is -0.439 e. The van der Waals surface area contributed by atoms with Gasteiger partial charge >= 0.3 is 0 Å². The van der Waals surface area contributed by atoms with Crippen molar-refractivity contribution in [3.63, 3.8) is 0 Å². The number of aryl methyl sites for hydroxylation is 2. The first-order valence-electron chi connectivity index (χ1n) is 12.0. The third kappa shape index (κ3) is 5.24. The molecule has 1 atom stereocenters. The molecule has 4 aromatic rings. The molecular weight excluding hydrogens is 438 g/mol. The molecule has 2 aromatic heterocycles. The van der Waals surface area contributed by atoms with Gasteiger partial charge in [0.15, 0.2) is 0 Å². The van der Waals surface area contributed by atoms with E-state index in [1.165, 1.54) is 0 Å². The largest absolute Gasteiger partial charge is 0.439 e. The summed E-state index contributed by atoms with van der Waals surface area (Å²) in [5.74, 6) is 2.16. The Morgan fingerprint density at radius 2 is 1.89 bits per heavy atom. The van der Waals surface area contributed by atoms with Crippen LogP contribution in [0.5, 0.6) is 11.6 Å². The highest BCUT2D eigenvalue weighted by molar-refractivity contribution is 5.95. The van der Waals surface area contributed by atoms with Crippen molar-refractivity contribution in [1.82, 2.24) is 24.6 Å². The molecule has 0 bridgehead atoms. The molecular formula is C28H29N5O2. The number of piperidine rings is 1. The van der Waals surface area contributed by atoms with Crippen molar-refractivity contribution in [2.45, 2.75) is 39.2 Å². The van der Waals surface area contributed by atoms with E-state index in [9.17, 15) is 4.79 Å². The Morgan fingerprint density at radius 1 is 1.06 bits per heavy atom. The van der Waals surface area contributed by atoms with Gasteiger partial charge in [0.2, 0.25) is 5.88 Å². The fraction of sp³-hybridized carbons (Fsp3) is 0.286. The van der Waals surface area contributed by atoms with Gasteiger partial charge in [0, 0.05) is 48.7 Å². The number of nitrogens with zero attached hydrogens (tertiary/aromatic N) is 5. The molecule has 0 unspecified atom stereocenters. The van der Waals surface area contributed by atoms with Gasteiger partial charge in [0.1, 0.15) is 11.6 Å². The highest BCUT2D eigenvalue weighted by Gasteiger charge is 2.28. The van der Waals surface area contributed by atoms with Crippen molar-refractivity contribution in [3.8, 4) is 11.6 Å². The van der Waals surface area contributed by atoms with Crippen molar-refractivity contribution >= 4 is 5.91 Å². The van der Waals surface area contributed by atoms with Gasteiger partial charge in [-0.25, -0.2) is 4.98 Å². The molecule has 1 aliphatic rings. The summed E-state index contributed by atoms with van der Waals surface area (Å²) in [4.78, 5) is 25.0. The number of likely N-dealkylation sites (tertiary alicyclic amines) is 1. The highest BCUT2D eigenvalue weighted by atomic mass is 16.5. The summed E-state index contributed by atoms with van der Waals surface area (Å²) in [7, 11) is 0. The Hall–Kier alpha value is -4.00. The number of carbonyl (C=O) groups excluding carboxylic acids is 1. The molecule has 0 N–H and O–H groups in total. The normalized spacial score (nSPS) is 15.7. The van der Waals surface area contributed by atoms with Gasteiger partial charge in [0.05, 0.1) is 6.54 Å². The maximum absolute atomic E-state index is 13.6. The van der Waals surface area contributed by atoms with Crippen LogP contribution in [0.1, 0.15) is 51.8 Å². The van der Waals surface area contributed by atoms with Crippen LogP contribution in [0.3, 0.4) is 0 Å². The molecule has 178 valence electrons. The number of benzene rings is 2. The van der Waals surface area contributed by atoms with Crippen molar-refractivity contribution < 1.29 is 9.53 Å². The lowest BCUT2D eigenvalue weighted by Crippen LogP contribution is -2.40. The van der Waals surface area contributed by atoms with Crippen molar-refractivity contribution in [2.75, 3.05) is 13.1 Å². The molecule has 7 heteroatoms. The summed E-state index contributed by atoms with van der Waals surface area (Å²) in [5.41, 5.74) is 3.58. The molecule has 1 saturated heterocycles. The number of ether oxygens (including phenoxy) is 1. The van der Waals surface area contributed by atoms with Crippen molar-refractivity contribution in [3.05, 3.63) is 101 Å². The molecule has 0 aliphatic carbocycles. The van der Waals surface area contributed by atoms with E-state index in [0.29, 0.717) is 19.0 Å². The van der Waals surface area contributed by atoms with Gasteiger partial charge in [-0.1, -0.05) is 36.4 Å². The van der Waals surface area contributed by atoms with Crippen LogP contribution in [-0.4, -0.2) is 43.6 Å². The molecule has 1 amide bonds. The Bertz CT molecular complexity index is 1320. The molecule has 2 aromatic carbocycles. The van der Waals surface area contributed by atoms with Crippen LogP contribution < -0.4 is 4.74 Å². The van der Waals surface area contributed by atoms with Crippen molar-refractivity contribution in [2.24, 2.45) is 0 Å². The second-order valence-electron chi connectivity index (χ2n) is 9.02. The van der Waals surface area contributed by atoms with Gasteiger partial charge in [-0.05, 0) is 56.0 Å². The van der Waals surface area contributed by atoms with E-state index in [-0.39, 0.29) is 11.8 Å². The van der Waals surface area contributed by atoms with Gasteiger partial charge < -0.3 is 9.64 Å². The van der Waals surface area contributed by atoms with E-state index in [1.54, 1.807) is 6.20 Å². The Labute approximate surface area is 205 Å². The van der Waals surface area contributed by atoms with Crippen LogP contribution in [0.15, 0.2) is 73.1 Å². The lowest BCUT2D eigenvalue weighted by atomic mass is 9.95. The zero-order valence-electron chi connectivity index (χ0n) is 20.1. The number of carbonyl (C=O) groups is 1. The van der Waals surface area contributed by atoms with Crippen LogP contribution in [0.25, 0.3) is 0 Å². The number of amides is 1. The number of hydrogen-bond donors (Lipinski definition) is 0. The highest BCUT2D eigenvalue weighted by Crippen LogP contribution is 2.29. The lowest BCUT2D eigenvalue weighted by molar-refractivity contribution is 0.0703. The molecule has 0 radical (unpaired) electrons. The average Bonchev–Trinajstić information content (AvgIpc) is 3.38. The molecule has 5 rings (SSSR count). The fourth-order valence-corrected chi connectivity index (χ4v) is 4.56. The molecule has 7 nitrogen and oxygen atoms in total. The monoisotopic (exact) mass is 467 g/mol.